The Morgan fingerprint density at radius 3 is 2.74 bits per heavy atom. The van der Waals surface area contributed by atoms with Crippen molar-refractivity contribution in [2.75, 3.05) is 50.2 Å². The minimum Gasteiger partial charge on any atom is -0.402 e. The predicted octanol–water partition coefficient (Wildman–Crippen LogP) is 0.893. The predicted molar refractivity (Wildman–Crippen MR) is 115 cm³/mol. The molecule has 3 heterocycles. The van der Waals surface area contributed by atoms with E-state index in [9.17, 15) is 4.39 Å². The van der Waals surface area contributed by atoms with Crippen LogP contribution in [0, 0.1) is 5.82 Å². The summed E-state index contributed by atoms with van der Waals surface area (Å²) in [5.41, 5.74) is 12.7. The molecule has 0 saturated carbocycles. The number of ether oxygens (including phenoxy) is 2. The van der Waals surface area contributed by atoms with Crippen LogP contribution in [-0.2, 0) is 9.47 Å². The summed E-state index contributed by atoms with van der Waals surface area (Å²) >= 11 is 0. The number of pyridine rings is 1. The van der Waals surface area contributed by atoms with Gasteiger partial charge in [-0.1, -0.05) is 0 Å². The van der Waals surface area contributed by atoms with Gasteiger partial charge in [0.2, 0.25) is 11.9 Å². The standard InChI is InChI=1S/C19H26FN9O2/c1-12(21)9-16(22)25-18-26-17(27-19(28-18)29-5-7-31-8-6-29)24-15(11-30-2)14-4-3-13(20)10-23-14/h3-4,9-10,15H,5-8,11,21H2,1-2H3,(H3,22,24,25,26,27,28)/b12-9-. The molecule has 1 aliphatic heterocycles. The number of aliphatic imine (C=N–C) groups is 1. The Labute approximate surface area is 179 Å². The second-order valence-corrected chi connectivity index (χ2v) is 6.84. The first-order valence-electron chi connectivity index (χ1n) is 9.68. The molecule has 0 aliphatic carbocycles. The van der Waals surface area contributed by atoms with E-state index >= 15 is 0 Å². The third kappa shape index (κ3) is 6.55. The number of aromatic nitrogens is 4. The first-order chi connectivity index (χ1) is 14.9. The van der Waals surface area contributed by atoms with E-state index in [1.165, 1.54) is 12.1 Å². The van der Waals surface area contributed by atoms with Crippen LogP contribution in [0.5, 0.6) is 0 Å². The van der Waals surface area contributed by atoms with Crippen LogP contribution in [-0.4, -0.2) is 65.8 Å². The number of methoxy groups -OCH3 is 1. The summed E-state index contributed by atoms with van der Waals surface area (Å²) < 4.78 is 24.0. The molecule has 2 aromatic rings. The molecule has 3 rings (SSSR count). The number of anilines is 2. The van der Waals surface area contributed by atoms with E-state index in [4.69, 9.17) is 20.9 Å². The second-order valence-electron chi connectivity index (χ2n) is 6.84. The number of morpholine rings is 1. The van der Waals surface area contributed by atoms with Crippen LogP contribution in [0.4, 0.5) is 22.2 Å². The maximum atomic E-state index is 13.3. The zero-order chi connectivity index (χ0) is 22.2. The summed E-state index contributed by atoms with van der Waals surface area (Å²) in [6.45, 7) is 4.35. The van der Waals surface area contributed by atoms with Crippen LogP contribution in [0.15, 0.2) is 35.1 Å². The molecule has 1 unspecified atom stereocenters. The number of nitrogens with one attached hydrogen (secondary N) is 1. The smallest absolute Gasteiger partial charge is 0.257 e. The molecule has 1 saturated heterocycles. The molecule has 1 fully saturated rings. The van der Waals surface area contributed by atoms with Gasteiger partial charge in [0.05, 0.1) is 37.8 Å². The molecule has 1 atom stereocenters. The normalized spacial score (nSPS) is 16.3. The maximum absolute atomic E-state index is 13.3. The molecule has 0 amide bonds. The first kappa shape index (κ1) is 22.3. The van der Waals surface area contributed by atoms with Gasteiger partial charge in [-0.05, 0) is 25.1 Å². The van der Waals surface area contributed by atoms with Gasteiger partial charge in [0.15, 0.2) is 0 Å². The van der Waals surface area contributed by atoms with E-state index < -0.39 is 11.9 Å². The van der Waals surface area contributed by atoms with Crippen molar-refractivity contribution < 1.29 is 13.9 Å². The third-order valence-corrected chi connectivity index (χ3v) is 4.25. The van der Waals surface area contributed by atoms with E-state index in [1.54, 1.807) is 20.1 Å². The quantitative estimate of drug-likeness (QED) is 0.406. The highest BCUT2D eigenvalue weighted by molar-refractivity contribution is 5.93. The molecule has 1 aliphatic rings. The fourth-order valence-electron chi connectivity index (χ4n) is 2.87. The zero-order valence-electron chi connectivity index (χ0n) is 17.5. The number of allylic oxidation sites excluding steroid dienone is 1. The number of hydrogen-bond donors (Lipinski definition) is 3. The van der Waals surface area contributed by atoms with Crippen molar-refractivity contribution in [2.45, 2.75) is 13.0 Å². The lowest BCUT2D eigenvalue weighted by Gasteiger charge is -2.27. The Morgan fingerprint density at radius 1 is 1.32 bits per heavy atom. The van der Waals surface area contributed by atoms with Gasteiger partial charge in [-0.25, -0.2) is 4.39 Å². The topological polar surface area (TPSA) is 150 Å². The number of halogens is 1. The number of nitrogens with two attached hydrogens (primary N) is 2. The largest absolute Gasteiger partial charge is 0.402 e. The van der Waals surface area contributed by atoms with Crippen molar-refractivity contribution in [1.29, 1.82) is 0 Å². The summed E-state index contributed by atoms with van der Waals surface area (Å²) in [6.07, 6.45) is 2.66. The van der Waals surface area contributed by atoms with Crippen molar-refractivity contribution in [3.8, 4) is 0 Å². The van der Waals surface area contributed by atoms with Gasteiger partial charge < -0.3 is 31.2 Å². The van der Waals surface area contributed by atoms with Gasteiger partial charge in [0.25, 0.3) is 5.95 Å². The summed E-state index contributed by atoms with van der Waals surface area (Å²) in [5.74, 6) is 0.551. The van der Waals surface area contributed by atoms with E-state index in [0.29, 0.717) is 43.6 Å². The van der Waals surface area contributed by atoms with Gasteiger partial charge in [-0.3, -0.25) is 4.98 Å². The average Bonchev–Trinajstić information content (AvgIpc) is 2.74. The van der Waals surface area contributed by atoms with Crippen LogP contribution in [0.1, 0.15) is 18.7 Å². The second kappa shape index (κ2) is 10.6. The van der Waals surface area contributed by atoms with Gasteiger partial charge in [0, 0.05) is 25.9 Å². The van der Waals surface area contributed by atoms with Gasteiger partial charge in [0.1, 0.15) is 11.7 Å². The Morgan fingerprint density at radius 2 is 2.10 bits per heavy atom. The van der Waals surface area contributed by atoms with Crippen LogP contribution >= 0.6 is 0 Å². The lowest BCUT2D eigenvalue weighted by molar-refractivity contribution is 0.122. The molecular weight excluding hydrogens is 405 g/mol. The minimum atomic E-state index is -0.426. The van der Waals surface area contributed by atoms with Crippen LogP contribution in [0.3, 0.4) is 0 Å². The summed E-state index contributed by atoms with van der Waals surface area (Å²) in [6, 6.07) is 2.48. The average molecular weight is 431 g/mol. The number of hydrogen-bond acceptors (Lipinski definition) is 10. The highest BCUT2D eigenvalue weighted by Gasteiger charge is 2.19. The molecular formula is C19H26FN9O2. The summed E-state index contributed by atoms with van der Waals surface area (Å²) in [7, 11) is 1.56. The molecule has 0 spiro atoms. The molecule has 166 valence electrons. The Balaban J connectivity index is 1.95. The van der Waals surface area contributed by atoms with Gasteiger partial charge in [-0.15, -0.1) is 0 Å². The molecule has 12 heteroatoms. The monoisotopic (exact) mass is 431 g/mol. The molecule has 0 aromatic carbocycles. The number of rotatable bonds is 8. The molecule has 5 N–H and O–H groups in total. The van der Waals surface area contributed by atoms with Crippen molar-refractivity contribution in [2.24, 2.45) is 16.5 Å². The van der Waals surface area contributed by atoms with Crippen LogP contribution < -0.4 is 21.7 Å². The van der Waals surface area contributed by atoms with Crippen molar-refractivity contribution >= 4 is 23.7 Å². The highest BCUT2D eigenvalue weighted by Crippen LogP contribution is 2.21. The molecule has 0 bridgehead atoms. The molecule has 31 heavy (non-hydrogen) atoms. The fourth-order valence-corrected chi connectivity index (χ4v) is 2.87. The van der Waals surface area contributed by atoms with E-state index in [2.05, 4.69) is 30.2 Å². The van der Waals surface area contributed by atoms with E-state index in [1.807, 2.05) is 4.90 Å². The summed E-state index contributed by atoms with van der Waals surface area (Å²) in [5, 5.41) is 3.17. The zero-order valence-corrected chi connectivity index (χ0v) is 17.5. The lowest BCUT2D eigenvalue weighted by Crippen LogP contribution is -2.37. The summed E-state index contributed by atoms with van der Waals surface area (Å²) in [4.78, 5) is 23.6. The SMILES string of the molecule is COCC(Nc1nc(/N=C(N)\C=C(\C)N)nc(N2CCOCC2)n1)c1ccc(F)cn1. The van der Waals surface area contributed by atoms with E-state index in [0.717, 1.165) is 6.20 Å². The Kier molecular flexibility index (Phi) is 7.62. The van der Waals surface area contributed by atoms with Crippen molar-refractivity contribution in [3.05, 3.63) is 41.6 Å². The molecule has 11 nitrogen and oxygen atoms in total. The molecule has 0 radical (unpaired) electrons. The number of nitrogens with zero attached hydrogens (tertiary/aromatic N) is 6. The van der Waals surface area contributed by atoms with Crippen molar-refractivity contribution in [1.82, 2.24) is 19.9 Å². The Bertz CT molecular complexity index is 926. The highest BCUT2D eigenvalue weighted by atomic mass is 19.1. The number of amidine groups is 1. The van der Waals surface area contributed by atoms with Gasteiger partial charge >= 0.3 is 0 Å². The van der Waals surface area contributed by atoms with Crippen LogP contribution in [0.2, 0.25) is 0 Å². The lowest BCUT2D eigenvalue weighted by atomic mass is 10.2. The third-order valence-electron chi connectivity index (χ3n) is 4.25. The van der Waals surface area contributed by atoms with E-state index in [-0.39, 0.29) is 24.3 Å². The van der Waals surface area contributed by atoms with Crippen LogP contribution in [0.25, 0.3) is 0 Å². The Hall–Kier alpha value is -3.38. The first-order valence-corrected chi connectivity index (χ1v) is 9.68. The minimum absolute atomic E-state index is 0.122. The van der Waals surface area contributed by atoms with Crippen molar-refractivity contribution in [3.63, 3.8) is 0 Å². The molecule has 2 aromatic heterocycles. The maximum Gasteiger partial charge on any atom is 0.257 e. The van der Waals surface area contributed by atoms with Gasteiger partial charge in [-0.2, -0.15) is 19.9 Å². The fraction of sp³-hybridized carbons (Fsp3) is 0.421.